The molecule has 1 aromatic heterocycles. The second-order valence-electron chi connectivity index (χ2n) is 14.5. The number of benzene rings is 7. The monoisotopic (exact) mass is 692 g/mol. The summed E-state index contributed by atoms with van der Waals surface area (Å²) in [7, 11) is 0. The fraction of sp³-hybridized carbons (Fsp3) is 0.0600. The van der Waals surface area contributed by atoms with Gasteiger partial charge in [-0.3, -0.25) is 5.41 Å². The first-order chi connectivity index (χ1) is 26.4. The second-order valence-corrected chi connectivity index (χ2v) is 14.5. The van der Waals surface area contributed by atoms with Gasteiger partial charge < -0.3 is 4.98 Å². The first kappa shape index (κ1) is 32.8. The van der Waals surface area contributed by atoms with Gasteiger partial charge in [-0.25, -0.2) is 4.99 Å². The van der Waals surface area contributed by atoms with Crippen LogP contribution in [0.3, 0.4) is 0 Å². The second kappa shape index (κ2) is 13.2. The average Bonchev–Trinajstić information content (AvgIpc) is 3.45. The maximum Gasteiger partial charge on any atom is 0.154 e. The van der Waals surface area contributed by atoms with Crippen molar-refractivity contribution in [1.29, 1.82) is 10.7 Å². The summed E-state index contributed by atoms with van der Waals surface area (Å²) in [6.45, 7) is 4.50. The maximum atomic E-state index is 9.50. The Morgan fingerprint density at radius 3 is 1.74 bits per heavy atom. The van der Waals surface area contributed by atoms with E-state index in [0.29, 0.717) is 11.1 Å². The lowest BCUT2D eigenvalue weighted by Gasteiger charge is -2.22. The van der Waals surface area contributed by atoms with Gasteiger partial charge in [-0.1, -0.05) is 141 Å². The zero-order valence-electron chi connectivity index (χ0n) is 30.1. The topological polar surface area (TPSA) is 75.8 Å². The van der Waals surface area contributed by atoms with E-state index < -0.39 is 0 Å². The van der Waals surface area contributed by atoms with Crippen LogP contribution in [0.4, 0.5) is 0 Å². The average molecular weight is 693 g/mol. The van der Waals surface area contributed by atoms with Crippen LogP contribution in [0.5, 0.6) is 0 Å². The highest BCUT2D eigenvalue weighted by molar-refractivity contribution is 5.98. The molecule has 8 aromatic rings. The van der Waals surface area contributed by atoms with Crippen LogP contribution in [0.2, 0.25) is 0 Å². The molecule has 4 nitrogen and oxygen atoms in total. The molecule has 2 N–H and O–H groups in total. The molecule has 0 bridgehead atoms. The van der Waals surface area contributed by atoms with E-state index in [9.17, 15) is 5.26 Å². The molecule has 0 unspecified atom stereocenters. The molecule has 0 saturated carbocycles. The molecule has 1 aliphatic carbocycles. The van der Waals surface area contributed by atoms with Crippen molar-refractivity contribution >= 4 is 16.6 Å². The number of nitrogens with one attached hydrogen (secondary N) is 2. The number of nitriles is 1. The van der Waals surface area contributed by atoms with E-state index in [4.69, 9.17) is 10.4 Å². The van der Waals surface area contributed by atoms with Gasteiger partial charge in [0.05, 0.1) is 11.6 Å². The van der Waals surface area contributed by atoms with E-state index in [1.807, 2.05) is 66.9 Å². The fourth-order valence-corrected chi connectivity index (χ4v) is 7.81. The molecule has 1 aliphatic rings. The van der Waals surface area contributed by atoms with E-state index in [-0.39, 0.29) is 11.3 Å². The number of rotatable bonds is 5. The normalized spacial score (nSPS) is 12.9. The molecule has 0 amide bonds. The molecule has 0 radical (unpaired) electrons. The summed E-state index contributed by atoms with van der Waals surface area (Å²) in [5.74, 6) is 0.194. The Morgan fingerprint density at radius 1 is 0.537 bits per heavy atom. The summed E-state index contributed by atoms with van der Waals surface area (Å²) in [6, 6.07) is 59.1. The third-order valence-corrected chi connectivity index (χ3v) is 10.8. The number of pyridine rings is 1. The van der Waals surface area contributed by atoms with E-state index in [2.05, 4.69) is 128 Å². The first-order valence-corrected chi connectivity index (χ1v) is 18.2. The number of nitrogens with zero attached hydrogens (tertiary/aromatic N) is 2. The van der Waals surface area contributed by atoms with Crippen molar-refractivity contribution in [3.63, 3.8) is 0 Å². The Labute approximate surface area is 314 Å². The van der Waals surface area contributed by atoms with Crippen molar-refractivity contribution in [2.75, 3.05) is 0 Å². The van der Waals surface area contributed by atoms with Crippen LogP contribution in [0.1, 0.15) is 36.1 Å². The molecule has 256 valence electrons. The summed E-state index contributed by atoms with van der Waals surface area (Å²) in [5.41, 5.74) is 15.6. The fourth-order valence-electron chi connectivity index (χ4n) is 7.81. The lowest BCUT2D eigenvalue weighted by Crippen LogP contribution is -2.15. The van der Waals surface area contributed by atoms with Crippen molar-refractivity contribution in [3.05, 3.63) is 198 Å². The Kier molecular flexibility index (Phi) is 7.99. The van der Waals surface area contributed by atoms with Gasteiger partial charge in [0.25, 0.3) is 0 Å². The molecule has 0 saturated heterocycles. The molecule has 4 heteroatoms. The molecule has 0 atom stereocenters. The summed E-state index contributed by atoms with van der Waals surface area (Å²) in [5, 5.41) is 20.8. The Hall–Kier alpha value is -7.09. The molecule has 9 rings (SSSR count). The van der Waals surface area contributed by atoms with Crippen LogP contribution in [-0.4, -0.2) is 10.8 Å². The Morgan fingerprint density at radius 2 is 1.07 bits per heavy atom. The van der Waals surface area contributed by atoms with Gasteiger partial charge in [0, 0.05) is 22.7 Å². The van der Waals surface area contributed by atoms with E-state index in [1.54, 1.807) is 0 Å². The quantitative estimate of drug-likeness (QED) is 0.137. The summed E-state index contributed by atoms with van der Waals surface area (Å²) in [4.78, 5) is 8.15. The molecule has 0 spiro atoms. The zero-order valence-corrected chi connectivity index (χ0v) is 30.1. The number of amidine groups is 1. The van der Waals surface area contributed by atoms with E-state index >= 15 is 0 Å². The number of aromatic nitrogens is 1. The van der Waals surface area contributed by atoms with Gasteiger partial charge in [-0.2, -0.15) is 5.26 Å². The number of hydrogen-bond donors (Lipinski definition) is 2. The number of hydrogen-bond acceptors (Lipinski definition) is 2. The van der Waals surface area contributed by atoms with Crippen LogP contribution >= 0.6 is 0 Å². The van der Waals surface area contributed by atoms with Crippen LogP contribution in [0.15, 0.2) is 175 Å². The van der Waals surface area contributed by atoms with Gasteiger partial charge in [0.2, 0.25) is 0 Å². The highest BCUT2D eigenvalue weighted by Crippen LogP contribution is 2.50. The molecule has 0 aliphatic heterocycles. The predicted molar refractivity (Wildman–Crippen MR) is 221 cm³/mol. The largest absolute Gasteiger partial charge is 0.345 e. The predicted octanol–water partition coefficient (Wildman–Crippen LogP) is 11.9. The van der Waals surface area contributed by atoms with E-state index in [0.717, 1.165) is 38.9 Å². The minimum Gasteiger partial charge on any atom is -0.345 e. The van der Waals surface area contributed by atoms with E-state index in [1.165, 1.54) is 44.2 Å². The van der Waals surface area contributed by atoms with Gasteiger partial charge in [-0.15, -0.1) is 0 Å². The molecule has 7 aromatic carbocycles. The zero-order chi connectivity index (χ0) is 36.8. The molecular formula is C50H36N4. The first-order valence-electron chi connectivity index (χ1n) is 18.2. The van der Waals surface area contributed by atoms with Crippen LogP contribution in [0.25, 0.3) is 66.4 Å². The molecular weight excluding hydrogens is 657 g/mol. The summed E-state index contributed by atoms with van der Waals surface area (Å²) < 4.78 is 0. The third-order valence-electron chi connectivity index (χ3n) is 10.8. The van der Waals surface area contributed by atoms with Crippen molar-refractivity contribution in [2.45, 2.75) is 19.3 Å². The van der Waals surface area contributed by atoms with Gasteiger partial charge in [-0.05, 0) is 108 Å². The minimum atomic E-state index is -0.181. The standard InChI is InChI=1S/C50H36N4/c1-50(2)46-25-32(30-51)13-23-43(46)44-24-22-41(29-47(44)50)40-21-20-38-26-37(18-19-39(38)27-40)34-14-16-36(17-15-34)48(52)54-49-45(35-11-7-4-8-12-35)28-42(31-53-49)33-9-5-3-6-10-33/h3-29,31H,1-2H3,(H2,52,53,54). The van der Waals surface area contributed by atoms with Crippen molar-refractivity contribution in [2.24, 2.45) is 4.99 Å². The summed E-state index contributed by atoms with van der Waals surface area (Å²) >= 11 is 0. The van der Waals surface area contributed by atoms with Crippen LogP contribution in [0, 0.1) is 16.7 Å². The number of aromatic amines is 1. The smallest absolute Gasteiger partial charge is 0.154 e. The SMILES string of the molecule is CC1(C)c2cc(C#N)ccc2-c2ccc(-c3ccc4cc(-c5ccc(C(=N)/N=c6\[nH]cc(-c7ccccc7)cc6-c6ccccc6)cc5)ccc4c3)cc21. The summed E-state index contributed by atoms with van der Waals surface area (Å²) in [6.07, 6.45) is 1.96. The molecule has 1 heterocycles. The van der Waals surface area contributed by atoms with Gasteiger partial charge >= 0.3 is 0 Å². The number of fused-ring (bicyclic) bond motifs is 4. The Balaban J connectivity index is 0.978. The van der Waals surface area contributed by atoms with Gasteiger partial charge in [0.15, 0.2) is 5.84 Å². The molecule has 0 fully saturated rings. The highest BCUT2D eigenvalue weighted by Gasteiger charge is 2.35. The number of H-pyrrole nitrogens is 1. The lowest BCUT2D eigenvalue weighted by molar-refractivity contribution is 0.660. The maximum absolute atomic E-state index is 9.50. The van der Waals surface area contributed by atoms with Gasteiger partial charge in [0.1, 0.15) is 5.49 Å². The third kappa shape index (κ3) is 5.83. The van der Waals surface area contributed by atoms with Crippen molar-refractivity contribution in [1.82, 2.24) is 4.98 Å². The Bertz CT molecular complexity index is 2860. The van der Waals surface area contributed by atoms with Crippen LogP contribution < -0.4 is 5.49 Å². The van der Waals surface area contributed by atoms with Crippen LogP contribution in [-0.2, 0) is 5.41 Å². The van der Waals surface area contributed by atoms with Crippen molar-refractivity contribution in [3.8, 4) is 61.7 Å². The minimum absolute atomic E-state index is 0.181. The highest BCUT2D eigenvalue weighted by atomic mass is 14.9. The molecule has 54 heavy (non-hydrogen) atoms. The van der Waals surface area contributed by atoms with Crippen molar-refractivity contribution < 1.29 is 0 Å². The lowest BCUT2D eigenvalue weighted by atomic mass is 9.81.